The van der Waals surface area contributed by atoms with Crippen molar-refractivity contribution in [3.8, 4) is 0 Å². The zero-order valence-corrected chi connectivity index (χ0v) is 18.4. The third-order valence-corrected chi connectivity index (χ3v) is 4.23. The van der Waals surface area contributed by atoms with Crippen molar-refractivity contribution >= 4 is 18.0 Å². The van der Waals surface area contributed by atoms with Gasteiger partial charge in [0, 0.05) is 24.4 Å². The van der Waals surface area contributed by atoms with E-state index in [2.05, 4.69) is 4.74 Å². The number of hydrogen-bond donors (Lipinski definition) is 2. The number of nitrogens with two attached hydrogens (primary N) is 2. The Kier molecular flexibility index (Phi) is 10.4. The van der Waals surface area contributed by atoms with Gasteiger partial charge in [0.2, 0.25) is 5.91 Å². The summed E-state index contributed by atoms with van der Waals surface area (Å²) in [6.07, 6.45) is 9.08. The minimum Gasteiger partial charge on any atom is -0.463 e. The summed E-state index contributed by atoms with van der Waals surface area (Å²) in [6.45, 7) is 7.62. The number of unbranched alkanes of at least 4 members (excludes halogenated alkanes) is 1. The summed E-state index contributed by atoms with van der Waals surface area (Å²) in [4.78, 5) is 34.6. The van der Waals surface area contributed by atoms with Crippen LogP contribution in [0.1, 0.15) is 66.2 Å². The maximum absolute atomic E-state index is 11.5. The summed E-state index contributed by atoms with van der Waals surface area (Å²) >= 11 is 0. The molecule has 0 aliphatic carbocycles. The van der Waals surface area contributed by atoms with Gasteiger partial charge in [-0.05, 0) is 46.5 Å². The Labute approximate surface area is 178 Å². The fourth-order valence-electron chi connectivity index (χ4n) is 2.83. The number of rotatable bonds is 7. The molecule has 0 aromatic rings. The molecule has 2 amide bonds. The maximum Gasteiger partial charge on any atom is 0.405 e. The molecule has 4 N–H and O–H groups in total. The van der Waals surface area contributed by atoms with E-state index in [-0.39, 0.29) is 18.3 Å². The van der Waals surface area contributed by atoms with Crippen LogP contribution in [0.4, 0.5) is 4.79 Å². The lowest BCUT2D eigenvalue weighted by atomic mass is 10.1. The monoisotopic (exact) mass is 425 g/mol. The molecule has 0 saturated carbocycles. The second-order valence-electron chi connectivity index (χ2n) is 8.16. The molecule has 0 radical (unpaired) electrons. The lowest BCUT2D eigenvalue weighted by molar-refractivity contribution is -0.148. The zero-order valence-electron chi connectivity index (χ0n) is 18.4. The highest BCUT2D eigenvalue weighted by Crippen LogP contribution is 2.26. The Morgan fingerprint density at radius 2 is 1.93 bits per heavy atom. The Morgan fingerprint density at radius 1 is 1.23 bits per heavy atom. The van der Waals surface area contributed by atoms with Crippen LogP contribution in [-0.4, -0.2) is 47.4 Å². The first kappa shape index (κ1) is 25.5. The quantitative estimate of drug-likeness (QED) is 0.599. The highest BCUT2D eigenvalue weighted by molar-refractivity contribution is 5.92. The summed E-state index contributed by atoms with van der Waals surface area (Å²) in [6, 6.07) is 0. The van der Waals surface area contributed by atoms with Crippen LogP contribution in [0.2, 0.25) is 0 Å². The predicted molar refractivity (Wildman–Crippen MR) is 112 cm³/mol. The van der Waals surface area contributed by atoms with Crippen LogP contribution in [0, 0.1) is 0 Å². The van der Waals surface area contributed by atoms with Crippen molar-refractivity contribution in [1.29, 1.82) is 0 Å². The second-order valence-corrected chi connectivity index (χ2v) is 8.16. The van der Waals surface area contributed by atoms with Crippen molar-refractivity contribution in [2.24, 2.45) is 11.5 Å². The molecule has 0 aromatic carbocycles. The molecule has 2 atom stereocenters. The van der Waals surface area contributed by atoms with Crippen molar-refractivity contribution in [2.75, 3.05) is 6.61 Å². The Hall–Kier alpha value is -2.55. The maximum atomic E-state index is 11.5. The molecule has 2 rings (SSSR count). The third kappa shape index (κ3) is 10.3. The average Bonchev–Trinajstić information content (AvgIpc) is 3.12. The molecule has 9 heteroatoms. The molecule has 0 aromatic heterocycles. The number of amides is 2. The first-order valence-electron chi connectivity index (χ1n) is 10.3. The normalized spacial score (nSPS) is 20.7. The van der Waals surface area contributed by atoms with Gasteiger partial charge < -0.3 is 30.6 Å². The lowest BCUT2D eigenvalue weighted by Gasteiger charge is -2.27. The van der Waals surface area contributed by atoms with E-state index in [9.17, 15) is 14.4 Å². The number of nitrogens with zero attached hydrogens (tertiary/aromatic N) is 1. The van der Waals surface area contributed by atoms with E-state index in [1.807, 2.05) is 24.1 Å². The second kappa shape index (κ2) is 12.2. The van der Waals surface area contributed by atoms with Crippen LogP contribution in [-0.2, 0) is 23.8 Å². The molecule has 0 bridgehead atoms. The van der Waals surface area contributed by atoms with Gasteiger partial charge in [0.05, 0.1) is 6.10 Å². The lowest BCUT2D eigenvalue weighted by Crippen LogP contribution is -2.30. The van der Waals surface area contributed by atoms with Gasteiger partial charge in [0.1, 0.15) is 18.4 Å². The summed E-state index contributed by atoms with van der Waals surface area (Å²) in [5.74, 6) is -0.573. The molecular weight excluding hydrogens is 390 g/mol. The first-order chi connectivity index (χ1) is 14.0. The molecule has 2 unspecified atom stereocenters. The van der Waals surface area contributed by atoms with Crippen molar-refractivity contribution in [3.63, 3.8) is 0 Å². The number of hydrogen-bond acceptors (Lipinski definition) is 7. The minimum absolute atomic E-state index is 0.0867. The van der Waals surface area contributed by atoms with Crippen LogP contribution in [0.15, 0.2) is 24.0 Å². The summed E-state index contributed by atoms with van der Waals surface area (Å²) in [5, 5.41) is 0. The van der Waals surface area contributed by atoms with E-state index in [0.29, 0.717) is 25.0 Å². The topological polar surface area (TPSA) is 134 Å². The van der Waals surface area contributed by atoms with Crippen molar-refractivity contribution in [1.82, 2.24) is 4.90 Å². The Bertz CT molecular complexity index is 654. The number of carbonyl (C=O) groups is 3. The van der Waals surface area contributed by atoms with Gasteiger partial charge in [-0.2, -0.15) is 0 Å². The SMILES string of the molecule is CC(C)(C)OC(N)=O.CCCCC(=O)OCC1CCC(N2C=CCC(C(N)=O)=C2)O1. The summed E-state index contributed by atoms with van der Waals surface area (Å²) in [5.41, 5.74) is 10.1. The smallest absolute Gasteiger partial charge is 0.405 e. The fourth-order valence-corrected chi connectivity index (χ4v) is 2.83. The van der Waals surface area contributed by atoms with Crippen molar-refractivity contribution < 1.29 is 28.6 Å². The van der Waals surface area contributed by atoms with Crippen LogP contribution < -0.4 is 11.5 Å². The number of carbonyl (C=O) groups excluding carboxylic acids is 3. The van der Waals surface area contributed by atoms with Gasteiger partial charge in [-0.1, -0.05) is 19.4 Å². The Balaban J connectivity index is 0.000000479. The molecule has 2 heterocycles. The molecule has 1 saturated heterocycles. The standard InChI is InChI=1S/C16H24N2O4.C5H11NO2/c1-2-3-6-15(19)21-11-13-7-8-14(22-13)18-9-4-5-12(10-18)16(17)20;1-5(2,3)8-4(6)7/h4,9-10,13-14H,2-3,5-8,11H2,1H3,(H2,17,20);1-3H3,(H2,6,7). The van der Waals surface area contributed by atoms with E-state index < -0.39 is 17.6 Å². The van der Waals surface area contributed by atoms with E-state index >= 15 is 0 Å². The largest absolute Gasteiger partial charge is 0.463 e. The van der Waals surface area contributed by atoms with Gasteiger partial charge in [0.15, 0.2) is 0 Å². The molecular formula is C21H35N3O6. The van der Waals surface area contributed by atoms with Crippen LogP contribution in [0.5, 0.6) is 0 Å². The highest BCUT2D eigenvalue weighted by Gasteiger charge is 2.30. The number of primary amides is 2. The van der Waals surface area contributed by atoms with Gasteiger partial charge in [-0.25, -0.2) is 4.79 Å². The molecule has 0 spiro atoms. The van der Waals surface area contributed by atoms with E-state index in [1.54, 1.807) is 27.0 Å². The number of esters is 1. The van der Waals surface area contributed by atoms with E-state index in [0.717, 1.165) is 25.7 Å². The molecule has 9 nitrogen and oxygen atoms in total. The summed E-state index contributed by atoms with van der Waals surface area (Å²) in [7, 11) is 0. The van der Waals surface area contributed by atoms with Crippen molar-refractivity contribution in [3.05, 3.63) is 24.0 Å². The van der Waals surface area contributed by atoms with Crippen LogP contribution in [0.3, 0.4) is 0 Å². The number of ether oxygens (including phenoxy) is 3. The van der Waals surface area contributed by atoms with Crippen molar-refractivity contribution in [2.45, 2.75) is 84.2 Å². The van der Waals surface area contributed by atoms with Gasteiger partial charge >= 0.3 is 12.1 Å². The van der Waals surface area contributed by atoms with E-state index in [1.165, 1.54) is 0 Å². The minimum atomic E-state index is -0.725. The summed E-state index contributed by atoms with van der Waals surface area (Å²) < 4.78 is 15.7. The Morgan fingerprint density at radius 3 is 2.47 bits per heavy atom. The average molecular weight is 426 g/mol. The predicted octanol–water partition coefficient (Wildman–Crippen LogP) is 2.69. The highest BCUT2D eigenvalue weighted by atomic mass is 16.6. The molecule has 170 valence electrons. The van der Waals surface area contributed by atoms with E-state index in [4.69, 9.17) is 20.9 Å². The third-order valence-electron chi connectivity index (χ3n) is 4.23. The first-order valence-corrected chi connectivity index (χ1v) is 10.3. The fraction of sp³-hybridized carbons (Fsp3) is 0.667. The zero-order chi connectivity index (χ0) is 22.7. The van der Waals surface area contributed by atoms with Gasteiger partial charge in [-0.3, -0.25) is 9.59 Å². The van der Waals surface area contributed by atoms with Gasteiger partial charge in [0.25, 0.3) is 0 Å². The van der Waals surface area contributed by atoms with Gasteiger partial charge in [-0.15, -0.1) is 0 Å². The van der Waals surface area contributed by atoms with Crippen LogP contribution in [0.25, 0.3) is 0 Å². The molecule has 2 aliphatic rings. The number of allylic oxidation sites excluding steroid dienone is 1. The molecule has 30 heavy (non-hydrogen) atoms. The van der Waals surface area contributed by atoms with Crippen LogP contribution >= 0.6 is 0 Å². The molecule has 2 aliphatic heterocycles. The molecule has 1 fully saturated rings.